The molecule has 78 valence electrons. The number of hydrogen-bond donors (Lipinski definition) is 1. The Hall–Kier alpha value is -1.49. The summed E-state index contributed by atoms with van der Waals surface area (Å²) >= 11 is 3.33. The summed E-state index contributed by atoms with van der Waals surface area (Å²) in [6.45, 7) is 0. The van der Waals surface area contributed by atoms with Crippen molar-refractivity contribution in [3.8, 4) is 11.4 Å². The SMILES string of the molecule is COc1cccc(-n2cc(Br)cn2)c1N. The highest BCUT2D eigenvalue weighted by atomic mass is 79.9. The van der Waals surface area contributed by atoms with E-state index < -0.39 is 0 Å². The van der Waals surface area contributed by atoms with Crippen molar-refractivity contribution in [3.63, 3.8) is 0 Å². The largest absolute Gasteiger partial charge is 0.495 e. The van der Waals surface area contributed by atoms with E-state index in [1.165, 1.54) is 0 Å². The first-order chi connectivity index (χ1) is 7.22. The van der Waals surface area contributed by atoms with Crippen LogP contribution in [0.1, 0.15) is 0 Å². The van der Waals surface area contributed by atoms with Gasteiger partial charge in [-0.3, -0.25) is 0 Å². The summed E-state index contributed by atoms with van der Waals surface area (Å²) in [4.78, 5) is 0. The van der Waals surface area contributed by atoms with Crippen molar-refractivity contribution < 1.29 is 4.74 Å². The summed E-state index contributed by atoms with van der Waals surface area (Å²) in [7, 11) is 1.59. The molecule has 0 aliphatic heterocycles. The number of benzene rings is 1. The highest BCUT2D eigenvalue weighted by Gasteiger charge is 2.07. The van der Waals surface area contributed by atoms with Crippen molar-refractivity contribution in [1.82, 2.24) is 9.78 Å². The number of nitrogen functional groups attached to an aromatic ring is 1. The molecule has 0 bridgehead atoms. The molecule has 4 nitrogen and oxygen atoms in total. The molecule has 0 saturated carbocycles. The molecule has 2 N–H and O–H groups in total. The minimum absolute atomic E-state index is 0.579. The van der Waals surface area contributed by atoms with E-state index in [0.717, 1.165) is 10.2 Å². The van der Waals surface area contributed by atoms with E-state index in [9.17, 15) is 0 Å². The van der Waals surface area contributed by atoms with Crippen LogP contribution >= 0.6 is 15.9 Å². The number of nitrogens with two attached hydrogens (primary N) is 1. The predicted octanol–water partition coefficient (Wildman–Crippen LogP) is 2.23. The van der Waals surface area contributed by atoms with Crippen LogP contribution in [0.4, 0.5) is 5.69 Å². The molecule has 1 aromatic carbocycles. The second-order valence-corrected chi connectivity index (χ2v) is 3.91. The molecule has 0 saturated heterocycles. The van der Waals surface area contributed by atoms with Gasteiger partial charge in [0.25, 0.3) is 0 Å². The normalized spacial score (nSPS) is 10.3. The van der Waals surface area contributed by atoms with Crippen LogP contribution in [0.25, 0.3) is 5.69 Å². The number of rotatable bonds is 2. The van der Waals surface area contributed by atoms with Crippen molar-refractivity contribution >= 4 is 21.6 Å². The van der Waals surface area contributed by atoms with E-state index in [-0.39, 0.29) is 0 Å². The molecule has 0 atom stereocenters. The average molecular weight is 268 g/mol. The number of halogens is 1. The van der Waals surface area contributed by atoms with E-state index in [1.54, 1.807) is 18.0 Å². The zero-order chi connectivity index (χ0) is 10.8. The Kier molecular flexibility index (Phi) is 2.64. The minimum Gasteiger partial charge on any atom is -0.495 e. The molecule has 0 amide bonds. The fraction of sp³-hybridized carbons (Fsp3) is 0.100. The first-order valence-corrected chi connectivity index (χ1v) is 5.14. The third-order valence-electron chi connectivity index (χ3n) is 2.06. The molecule has 0 radical (unpaired) electrons. The van der Waals surface area contributed by atoms with Crippen LogP contribution in [-0.4, -0.2) is 16.9 Å². The Balaban J connectivity index is 2.53. The monoisotopic (exact) mass is 267 g/mol. The number of anilines is 1. The number of methoxy groups -OCH3 is 1. The van der Waals surface area contributed by atoms with Gasteiger partial charge in [-0.1, -0.05) is 6.07 Å². The molecule has 5 heteroatoms. The van der Waals surface area contributed by atoms with Crippen LogP contribution in [0, 0.1) is 0 Å². The van der Waals surface area contributed by atoms with Gasteiger partial charge >= 0.3 is 0 Å². The molecule has 1 heterocycles. The second-order valence-electron chi connectivity index (χ2n) is 3.00. The van der Waals surface area contributed by atoms with Gasteiger partial charge in [0, 0.05) is 6.20 Å². The number of para-hydroxylation sites is 1. The third kappa shape index (κ3) is 1.83. The molecule has 2 rings (SSSR count). The lowest BCUT2D eigenvalue weighted by atomic mass is 10.2. The fourth-order valence-corrected chi connectivity index (χ4v) is 1.63. The average Bonchev–Trinajstić information content (AvgIpc) is 2.65. The first-order valence-electron chi connectivity index (χ1n) is 4.35. The van der Waals surface area contributed by atoms with Crippen molar-refractivity contribution in [2.45, 2.75) is 0 Å². The maximum absolute atomic E-state index is 5.93. The minimum atomic E-state index is 0.579. The predicted molar refractivity (Wildman–Crippen MR) is 62.2 cm³/mol. The van der Waals surface area contributed by atoms with Crippen LogP contribution < -0.4 is 10.5 Å². The van der Waals surface area contributed by atoms with Gasteiger partial charge < -0.3 is 10.5 Å². The highest BCUT2D eigenvalue weighted by molar-refractivity contribution is 9.10. The van der Waals surface area contributed by atoms with Crippen molar-refractivity contribution in [3.05, 3.63) is 35.1 Å². The molecule has 0 fully saturated rings. The van der Waals surface area contributed by atoms with Crippen LogP contribution in [0.15, 0.2) is 35.1 Å². The summed E-state index contributed by atoms with van der Waals surface area (Å²) in [6, 6.07) is 5.58. The molecule has 0 aliphatic carbocycles. The van der Waals surface area contributed by atoms with E-state index in [0.29, 0.717) is 11.4 Å². The smallest absolute Gasteiger partial charge is 0.143 e. The number of hydrogen-bond acceptors (Lipinski definition) is 3. The van der Waals surface area contributed by atoms with Gasteiger partial charge in [0.15, 0.2) is 0 Å². The topological polar surface area (TPSA) is 53.1 Å². The van der Waals surface area contributed by atoms with E-state index in [4.69, 9.17) is 10.5 Å². The second kappa shape index (κ2) is 3.94. The molecule has 0 unspecified atom stereocenters. The lowest BCUT2D eigenvalue weighted by Gasteiger charge is -2.09. The molecule has 1 aromatic heterocycles. The van der Waals surface area contributed by atoms with Gasteiger partial charge in [-0.2, -0.15) is 5.10 Å². The van der Waals surface area contributed by atoms with Gasteiger partial charge in [-0.25, -0.2) is 4.68 Å². The summed E-state index contributed by atoms with van der Waals surface area (Å²) in [6.07, 6.45) is 3.55. The van der Waals surface area contributed by atoms with Crippen LogP contribution in [0.2, 0.25) is 0 Å². The van der Waals surface area contributed by atoms with Crippen molar-refractivity contribution in [2.75, 3.05) is 12.8 Å². The van der Waals surface area contributed by atoms with Crippen LogP contribution in [0.5, 0.6) is 5.75 Å². The fourth-order valence-electron chi connectivity index (χ4n) is 1.34. The Labute approximate surface area is 95.8 Å². The number of aromatic nitrogens is 2. The number of ether oxygens (including phenoxy) is 1. The Bertz CT molecular complexity index is 481. The van der Waals surface area contributed by atoms with Gasteiger partial charge in [-0.05, 0) is 28.1 Å². The van der Waals surface area contributed by atoms with Crippen molar-refractivity contribution in [1.29, 1.82) is 0 Å². The van der Waals surface area contributed by atoms with Gasteiger partial charge in [0.1, 0.15) is 11.4 Å². The lowest BCUT2D eigenvalue weighted by Crippen LogP contribution is -2.01. The van der Waals surface area contributed by atoms with Gasteiger partial charge in [0.05, 0.1) is 23.5 Å². The zero-order valence-electron chi connectivity index (χ0n) is 8.14. The van der Waals surface area contributed by atoms with Crippen molar-refractivity contribution in [2.24, 2.45) is 0 Å². The number of nitrogens with zero attached hydrogens (tertiary/aromatic N) is 2. The van der Waals surface area contributed by atoms with E-state index in [2.05, 4.69) is 21.0 Å². The van der Waals surface area contributed by atoms with Gasteiger partial charge in [0.2, 0.25) is 0 Å². The summed E-state index contributed by atoms with van der Waals surface area (Å²) < 4.78 is 7.74. The lowest BCUT2D eigenvalue weighted by molar-refractivity contribution is 0.416. The Morgan fingerprint density at radius 1 is 1.47 bits per heavy atom. The van der Waals surface area contributed by atoms with E-state index >= 15 is 0 Å². The summed E-state index contributed by atoms with van der Waals surface area (Å²) in [5.41, 5.74) is 7.32. The van der Waals surface area contributed by atoms with Crippen LogP contribution in [-0.2, 0) is 0 Å². The summed E-state index contributed by atoms with van der Waals surface area (Å²) in [5, 5.41) is 4.16. The first kappa shape index (κ1) is 10.0. The molecule has 0 aliphatic rings. The van der Waals surface area contributed by atoms with Crippen LogP contribution in [0.3, 0.4) is 0 Å². The quantitative estimate of drug-likeness (QED) is 0.850. The molecule has 15 heavy (non-hydrogen) atoms. The molecular formula is C10H10BrN3O. The standard InChI is InChI=1S/C10H10BrN3O/c1-15-9-4-2-3-8(10(9)12)14-6-7(11)5-13-14/h2-6H,12H2,1H3. The Morgan fingerprint density at radius 2 is 2.27 bits per heavy atom. The van der Waals surface area contributed by atoms with E-state index in [1.807, 2.05) is 24.4 Å². The Morgan fingerprint density at radius 3 is 2.87 bits per heavy atom. The maximum atomic E-state index is 5.93. The molecule has 0 spiro atoms. The molecule has 2 aromatic rings. The maximum Gasteiger partial charge on any atom is 0.143 e. The highest BCUT2D eigenvalue weighted by Crippen LogP contribution is 2.27. The van der Waals surface area contributed by atoms with Gasteiger partial charge in [-0.15, -0.1) is 0 Å². The molecular weight excluding hydrogens is 258 g/mol. The summed E-state index contributed by atoms with van der Waals surface area (Å²) in [5.74, 6) is 0.652. The zero-order valence-corrected chi connectivity index (χ0v) is 9.73. The third-order valence-corrected chi connectivity index (χ3v) is 2.47.